The Kier molecular flexibility index (Phi) is 6.67. The normalized spacial score (nSPS) is 11.9. The van der Waals surface area contributed by atoms with Gasteiger partial charge in [0.1, 0.15) is 12.4 Å². The number of aliphatic hydroxyl groups excluding tert-OH is 1. The van der Waals surface area contributed by atoms with E-state index in [1.165, 1.54) is 0 Å². The highest BCUT2D eigenvalue weighted by atomic mass is 35.5. The molecule has 1 unspecified atom stereocenters. The lowest BCUT2D eigenvalue weighted by molar-refractivity contribution is 0.174. The van der Waals surface area contributed by atoms with Crippen LogP contribution in [0, 0.1) is 0 Å². The lowest BCUT2D eigenvalue weighted by atomic mass is 10.1. The number of aliphatic hydroxyl groups is 1. The number of benzene rings is 3. The average molecular weight is 368 g/mol. The number of hydrogen-bond donors (Lipinski definition) is 2. The molecule has 4 heteroatoms. The average Bonchev–Trinajstić information content (AvgIpc) is 2.68. The Labute approximate surface area is 159 Å². The van der Waals surface area contributed by atoms with Crippen molar-refractivity contribution in [1.29, 1.82) is 0 Å². The summed E-state index contributed by atoms with van der Waals surface area (Å²) in [5.41, 5.74) is 2.99. The number of rotatable bonds is 8. The van der Waals surface area contributed by atoms with Crippen LogP contribution in [0.2, 0.25) is 5.02 Å². The minimum absolute atomic E-state index is 0.463. The minimum atomic E-state index is -0.532. The van der Waals surface area contributed by atoms with Gasteiger partial charge in [-0.3, -0.25) is 0 Å². The molecule has 134 valence electrons. The minimum Gasteiger partial charge on any atom is -0.489 e. The number of halogens is 1. The molecular weight excluding hydrogens is 346 g/mol. The van der Waals surface area contributed by atoms with Crippen LogP contribution in [0.25, 0.3) is 0 Å². The topological polar surface area (TPSA) is 41.5 Å². The highest BCUT2D eigenvalue weighted by Crippen LogP contribution is 2.20. The molecule has 3 rings (SSSR count). The van der Waals surface area contributed by atoms with Gasteiger partial charge in [0.2, 0.25) is 0 Å². The zero-order valence-corrected chi connectivity index (χ0v) is 15.2. The highest BCUT2D eigenvalue weighted by Gasteiger charge is 2.08. The molecule has 0 saturated heterocycles. The van der Waals surface area contributed by atoms with Crippen molar-refractivity contribution in [1.82, 2.24) is 5.32 Å². The summed E-state index contributed by atoms with van der Waals surface area (Å²) >= 11 is 6.02. The predicted molar refractivity (Wildman–Crippen MR) is 105 cm³/mol. The van der Waals surface area contributed by atoms with Crippen LogP contribution in [0.3, 0.4) is 0 Å². The number of para-hydroxylation sites is 1. The molecule has 26 heavy (non-hydrogen) atoms. The Balaban J connectivity index is 1.55. The van der Waals surface area contributed by atoms with Crippen molar-refractivity contribution in [3.63, 3.8) is 0 Å². The third-order valence-corrected chi connectivity index (χ3v) is 4.33. The summed E-state index contributed by atoms with van der Waals surface area (Å²) in [5.74, 6) is 0.828. The second kappa shape index (κ2) is 9.39. The number of nitrogens with one attached hydrogen (secondary N) is 1. The molecule has 0 spiro atoms. The first kappa shape index (κ1) is 18.5. The van der Waals surface area contributed by atoms with Crippen LogP contribution in [-0.4, -0.2) is 11.7 Å². The van der Waals surface area contributed by atoms with E-state index in [0.717, 1.165) is 22.4 Å². The van der Waals surface area contributed by atoms with E-state index < -0.39 is 6.10 Å². The smallest absolute Gasteiger partial charge is 0.124 e. The second-order valence-corrected chi connectivity index (χ2v) is 6.52. The zero-order valence-electron chi connectivity index (χ0n) is 14.4. The molecule has 0 aliphatic rings. The largest absolute Gasteiger partial charge is 0.489 e. The molecule has 0 radical (unpaired) electrons. The fraction of sp³-hybridized carbons (Fsp3) is 0.182. The molecule has 0 aromatic heterocycles. The van der Waals surface area contributed by atoms with Crippen LogP contribution >= 0.6 is 11.6 Å². The van der Waals surface area contributed by atoms with Gasteiger partial charge in [-0.2, -0.15) is 0 Å². The van der Waals surface area contributed by atoms with Crippen molar-refractivity contribution in [3.8, 4) is 5.75 Å². The maximum absolute atomic E-state index is 10.2. The molecule has 0 aliphatic carbocycles. The molecule has 0 heterocycles. The summed E-state index contributed by atoms with van der Waals surface area (Å²) < 4.78 is 5.96. The Bertz CT molecular complexity index is 823. The first-order chi connectivity index (χ1) is 12.7. The molecule has 1 atom stereocenters. The third kappa shape index (κ3) is 5.33. The molecular formula is C22H22ClNO2. The summed E-state index contributed by atoms with van der Waals surface area (Å²) in [6.45, 7) is 1.56. The summed E-state index contributed by atoms with van der Waals surface area (Å²) in [7, 11) is 0. The van der Waals surface area contributed by atoms with Crippen LogP contribution in [0.4, 0.5) is 0 Å². The van der Waals surface area contributed by atoms with E-state index in [4.69, 9.17) is 16.3 Å². The van der Waals surface area contributed by atoms with Crippen molar-refractivity contribution in [2.75, 3.05) is 6.54 Å². The van der Waals surface area contributed by atoms with Gasteiger partial charge in [0.05, 0.1) is 6.10 Å². The van der Waals surface area contributed by atoms with Crippen LogP contribution in [0.15, 0.2) is 78.9 Å². The van der Waals surface area contributed by atoms with Gasteiger partial charge in [-0.1, -0.05) is 72.3 Å². The quantitative estimate of drug-likeness (QED) is 0.604. The van der Waals surface area contributed by atoms with E-state index >= 15 is 0 Å². The van der Waals surface area contributed by atoms with Crippen molar-refractivity contribution >= 4 is 11.6 Å². The zero-order chi connectivity index (χ0) is 18.2. The van der Waals surface area contributed by atoms with E-state index in [9.17, 15) is 5.11 Å². The molecule has 0 amide bonds. The standard InChI is InChI=1S/C22H22ClNO2/c23-20-11-6-7-17(13-20)16-26-22-12-5-4-10-19(22)14-24-15-21(25)18-8-2-1-3-9-18/h1-13,21,24-25H,14-16H2. The van der Waals surface area contributed by atoms with Crippen molar-refractivity contribution in [2.24, 2.45) is 0 Å². The van der Waals surface area contributed by atoms with Gasteiger partial charge in [-0.25, -0.2) is 0 Å². The lowest BCUT2D eigenvalue weighted by Gasteiger charge is -2.15. The summed E-state index contributed by atoms with van der Waals surface area (Å²) in [4.78, 5) is 0. The Morgan fingerprint density at radius 1 is 0.923 bits per heavy atom. The fourth-order valence-corrected chi connectivity index (χ4v) is 2.93. The first-order valence-corrected chi connectivity index (χ1v) is 8.99. The maximum atomic E-state index is 10.2. The van der Waals surface area contributed by atoms with Gasteiger partial charge in [-0.15, -0.1) is 0 Å². The van der Waals surface area contributed by atoms with E-state index in [1.54, 1.807) is 0 Å². The molecule has 3 nitrogen and oxygen atoms in total. The summed E-state index contributed by atoms with van der Waals surface area (Å²) in [6, 6.07) is 25.2. The molecule has 3 aromatic rings. The van der Waals surface area contributed by atoms with Gasteiger partial charge in [0, 0.05) is 23.7 Å². The second-order valence-electron chi connectivity index (χ2n) is 6.08. The fourth-order valence-electron chi connectivity index (χ4n) is 2.72. The van der Waals surface area contributed by atoms with Crippen LogP contribution < -0.4 is 10.1 Å². The van der Waals surface area contributed by atoms with Gasteiger partial charge in [-0.05, 0) is 29.3 Å². The first-order valence-electron chi connectivity index (χ1n) is 8.61. The SMILES string of the molecule is OC(CNCc1ccccc1OCc1cccc(Cl)c1)c1ccccc1. The van der Waals surface area contributed by atoms with Crippen molar-refractivity contribution in [2.45, 2.75) is 19.3 Å². The van der Waals surface area contributed by atoms with Crippen LogP contribution in [0.5, 0.6) is 5.75 Å². The maximum Gasteiger partial charge on any atom is 0.124 e. The molecule has 3 aromatic carbocycles. The lowest BCUT2D eigenvalue weighted by Crippen LogP contribution is -2.21. The van der Waals surface area contributed by atoms with Crippen LogP contribution in [0.1, 0.15) is 22.8 Å². The number of ether oxygens (including phenoxy) is 1. The van der Waals surface area contributed by atoms with E-state index in [1.807, 2.05) is 78.9 Å². The highest BCUT2D eigenvalue weighted by molar-refractivity contribution is 6.30. The van der Waals surface area contributed by atoms with E-state index in [0.29, 0.717) is 24.7 Å². The Morgan fingerprint density at radius 3 is 2.50 bits per heavy atom. The molecule has 0 saturated carbocycles. The third-order valence-electron chi connectivity index (χ3n) is 4.09. The van der Waals surface area contributed by atoms with E-state index in [-0.39, 0.29) is 0 Å². The number of hydrogen-bond acceptors (Lipinski definition) is 3. The van der Waals surface area contributed by atoms with Gasteiger partial charge in [0.15, 0.2) is 0 Å². The summed E-state index contributed by atoms with van der Waals surface area (Å²) in [5, 5.41) is 14.2. The molecule has 0 bridgehead atoms. The van der Waals surface area contributed by atoms with Crippen LogP contribution in [-0.2, 0) is 13.2 Å². The van der Waals surface area contributed by atoms with E-state index in [2.05, 4.69) is 5.32 Å². The van der Waals surface area contributed by atoms with Gasteiger partial charge >= 0.3 is 0 Å². The van der Waals surface area contributed by atoms with Crippen molar-refractivity contribution < 1.29 is 9.84 Å². The molecule has 2 N–H and O–H groups in total. The predicted octanol–water partition coefficient (Wildman–Crippen LogP) is 4.74. The Morgan fingerprint density at radius 2 is 1.69 bits per heavy atom. The van der Waals surface area contributed by atoms with Gasteiger partial charge < -0.3 is 15.2 Å². The Hall–Kier alpha value is -2.33. The van der Waals surface area contributed by atoms with Crippen molar-refractivity contribution in [3.05, 3.63) is 101 Å². The molecule has 0 aliphatic heterocycles. The monoisotopic (exact) mass is 367 g/mol. The summed E-state index contributed by atoms with van der Waals surface area (Å²) in [6.07, 6.45) is -0.532. The molecule has 0 fully saturated rings. The van der Waals surface area contributed by atoms with Gasteiger partial charge in [0.25, 0.3) is 0 Å².